The maximum atomic E-state index is 12.2. The number of nitrogens with two attached hydrogens (primary N) is 1. The SMILES string of the molecule is NCCCn1c(=O)ccn([C@H]2C[C@H](O)[C@@H](CO)O2)c1=O. The van der Waals surface area contributed by atoms with Crippen LogP contribution in [0.3, 0.4) is 0 Å². The van der Waals surface area contributed by atoms with Crippen LogP contribution in [0, 0.1) is 0 Å². The minimum absolute atomic E-state index is 0.195. The quantitative estimate of drug-likeness (QED) is 0.575. The van der Waals surface area contributed by atoms with Crippen LogP contribution in [0.25, 0.3) is 0 Å². The highest BCUT2D eigenvalue weighted by molar-refractivity contribution is 4.90. The second-order valence-corrected chi connectivity index (χ2v) is 4.75. The lowest BCUT2D eigenvalue weighted by Crippen LogP contribution is -2.40. The van der Waals surface area contributed by atoms with Crippen LogP contribution in [-0.4, -0.2) is 44.7 Å². The van der Waals surface area contributed by atoms with Crippen molar-refractivity contribution in [1.29, 1.82) is 0 Å². The summed E-state index contributed by atoms with van der Waals surface area (Å²) in [6.45, 7) is 0.305. The van der Waals surface area contributed by atoms with Gasteiger partial charge in [0.25, 0.3) is 5.56 Å². The Balaban J connectivity index is 2.30. The molecule has 0 radical (unpaired) electrons. The highest BCUT2D eigenvalue weighted by atomic mass is 16.5. The smallest absolute Gasteiger partial charge is 0.333 e. The molecule has 4 N–H and O–H groups in total. The summed E-state index contributed by atoms with van der Waals surface area (Å²) in [7, 11) is 0. The first kappa shape index (κ1) is 14.9. The molecule has 0 aliphatic carbocycles. The zero-order valence-electron chi connectivity index (χ0n) is 11.0. The molecule has 2 rings (SSSR count). The van der Waals surface area contributed by atoms with Crippen molar-refractivity contribution in [2.75, 3.05) is 13.2 Å². The van der Waals surface area contributed by atoms with Gasteiger partial charge < -0.3 is 20.7 Å². The highest BCUT2D eigenvalue weighted by Crippen LogP contribution is 2.26. The maximum Gasteiger partial charge on any atom is 0.333 e. The van der Waals surface area contributed by atoms with Crippen LogP contribution in [0.15, 0.2) is 21.9 Å². The summed E-state index contributed by atoms with van der Waals surface area (Å²) < 4.78 is 7.76. The summed E-state index contributed by atoms with van der Waals surface area (Å²) in [5.41, 5.74) is 4.49. The van der Waals surface area contributed by atoms with Crippen LogP contribution >= 0.6 is 0 Å². The lowest BCUT2D eigenvalue weighted by Gasteiger charge is -2.16. The zero-order chi connectivity index (χ0) is 14.7. The molecule has 0 amide bonds. The molecule has 0 saturated carbocycles. The average molecular weight is 285 g/mol. The molecule has 8 heteroatoms. The lowest BCUT2D eigenvalue weighted by atomic mass is 10.2. The standard InChI is InChI=1S/C12H19N3O5/c13-3-1-4-14-10(18)2-5-15(12(14)19)11-6-8(17)9(7-16)20-11/h2,5,8-9,11,16-17H,1,3-4,6-7,13H2/t8-,9+,11+/m0/s1. The minimum Gasteiger partial charge on any atom is -0.394 e. The van der Waals surface area contributed by atoms with E-state index in [0.29, 0.717) is 13.0 Å². The fourth-order valence-electron chi connectivity index (χ4n) is 2.26. The molecule has 1 aromatic heterocycles. The minimum atomic E-state index is -0.832. The van der Waals surface area contributed by atoms with Gasteiger partial charge in [-0.3, -0.25) is 13.9 Å². The van der Waals surface area contributed by atoms with Crippen molar-refractivity contribution in [1.82, 2.24) is 9.13 Å². The second-order valence-electron chi connectivity index (χ2n) is 4.75. The Bertz CT molecular complexity index is 567. The topological polar surface area (TPSA) is 120 Å². The van der Waals surface area contributed by atoms with E-state index in [-0.39, 0.29) is 19.6 Å². The van der Waals surface area contributed by atoms with Crippen LogP contribution < -0.4 is 17.0 Å². The summed E-state index contributed by atoms with van der Waals surface area (Å²) in [5, 5.41) is 18.7. The van der Waals surface area contributed by atoms with E-state index in [0.717, 1.165) is 4.57 Å². The van der Waals surface area contributed by atoms with Gasteiger partial charge >= 0.3 is 5.69 Å². The van der Waals surface area contributed by atoms with Crippen molar-refractivity contribution in [2.24, 2.45) is 5.73 Å². The van der Waals surface area contributed by atoms with E-state index in [1.165, 1.54) is 16.8 Å². The van der Waals surface area contributed by atoms with Crippen LogP contribution in [0.2, 0.25) is 0 Å². The fraction of sp³-hybridized carbons (Fsp3) is 0.667. The van der Waals surface area contributed by atoms with Crippen molar-refractivity contribution >= 4 is 0 Å². The zero-order valence-corrected chi connectivity index (χ0v) is 11.0. The monoisotopic (exact) mass is 285 g/mol. The maximum absolute atomic E-state index is 12.2. The van der Waals surface area contributed by atoms with E-state index in [9.17, 15) is 14.7 Å². The molecule has 1 aliphatic heterocycles. The summed E-state index contributed by atoms with van der Waals surface area (Å²) in [5.74, 6) is 0. The van der Waals surface area contributed by atoms with E-state index < -0.39 is 29.7 Å². The third kappa shape index (κ3) is 2.83. The molecule has 112 valence electrons. The van der Waals surface area contributed by atoms with E-state index in [2.05, 4.69) is 0 Å². The third-order valence-corrected chi connectivity index (χ3v) is 3.38. The molecular weight excluding hydrogens is 266 g/mol. The molecule has 20 heavy (non-hydrogen) atoms. The number of aromatic nitrogens is 2. The molecule has 1 aromatic rings. The van der Waals surface area contributed by atoms with Gasteiger partial charge in [-0.25, -0.2) is 4.79 Å². The van der Waals surface area contributed by atoms with Crippen molar-refractivity contribution in [2.45, 2.75) is 37.8 Å². The van der Waals surface area contributed by atoms with Crippen LogP contribution in [0.5, 0.6) is 0 Å². The summed E-state index contributed by atoms with van der Waals surface area (Å²) in [6, 6.07) is 1.28. The van der Waals surface area contributed by atoms with E-state index >= 15 is 0 Å². The molecule has 0 aromatic carbocycles. The van der Waals surface area contributed by atoms with Crippen molar-refractivity contribution in [3.63, 3.8) is 0 Å². The van der Waals surface area contributed by atoms with Gasteiger partial charge in [-0.05, 0) is 13.0 Å². The first-order chi connectivity index (χ1) is 9.58. The molecule has 0 unspecified atom stereocenters. The van der Waals surface area contributed by atoms with Gasteiger partial charge in [0, 0.05) is 25.2 Å². The van der Waals surface area contributed by atoms with Crippen LogP contribution in [-0.2, 0) is 11.3 Å². The molecule has 8 nitrogen and oxygen atoms in total. The van der Waals surface area contributed by atoms with E-state index in [1.54, 1.807) is 0 Å². The molecule has 1 saturated heterocycles. The fourth-order valence-corrected chi connectivity index (χ4v) is 2.26. The van der Waals surface area contributed by atoms with Gasteiger partial charge in [0.15, 0.2) is 0 Å². The molecule has 0 spiro atoms. The van der Waals surface area contributed by atoms with Gasteiger partial charge in [-0.2, -0.15) is 0 Å². The second kappa shape index (κ2) is 6.31. The molecular formula is C12H19N3O5. The number of ether oxygens (including phenoxy) is 1. The van der Waals surface area contributed by atoms with Crippen molar-refractivity contribution in [3.8, 4) is 0 Å². The molecule has 3 atom stereocenters. The number of aliphatic hydroxyl groups excluding tert-OH is 2. The largest absolute Gasteiger partial charge is 0.394 e. The molecule has 1 fully saturated rings. The Morgan fingerprint density at radius 3 is 2.80 bits per heavy atom. The number of rotatable bonds is 5. The molecule has 1 aliphatic rings. The Labute approximate surface area is 115 Å². The van der Waals surface area contributed by atoms with Gasteiger partial charge in [0.2, 0.25) is 0 Å². The number of hydrogen-bond acceptors (Lipinski definition) is 6. The van der Waals surface area contributed by atoms with Gasteiger partial charge in [-0.15, -0.1) is 0 Å². The van der Waals surface area contributed by atoms with Gasteiger partial charge in [0.05, 0.1) is 12.7 Å². The first-order valence-corrected chi connectivity index (χ1v) is 6.55. The van der Waals surface area contributed by atoms with Crippen LogP contribution in [0.4, 0.5) is 0 Å². The van der Waals surface area contributed by atoms with Gasteiger partial charge in [-0.1, -0.05) is 0 Å². The predicted octanol–water partition coefficient (Wildman–Crippen LogP) is -2.00. The Morgan fingerprint density at radius 2 is 2.20 bits per heavy atom. The van der Waals surface area contributed by atoms with E-state index in [1.807, 2.05) is 0 Å². The summed E-state index contributed by atoms with van der Waals surface area (Å²) in [4.78, 5) is 23.9. The normalized spacial score (nSPS) is 26.1. The average Bonchev–Trinajstić information content (AvgIpc) is 2.79. The van der Waals surface area contributed by atoms with Gasteiger partial charge in [0.1, 0.15) is 12.3 Å². The van der Waals surface area contributed by atoms with Crippen molar-refractivity contribution < 1.29 is 14.9 Å². The van der Waals surface area contributed by atoms with E-state index in [4.69, 9.17) is 15.6 Å². The Hall–Kier alpha value is -1.48. The summed E-state index contributed by atoms with van der Waals surface area (Å²) in [6.07, 6.45) is -0.162. The Kier molecular flexibility index (Phi) is 4.71. The Morgan fingerprint density at radius 1 is 1.45 bits per heavy atom. The lowest BCUT2D eigenvalue weighted by molar-refractivity contribution is -0.0463. The highest BCUT2D eigenvalue weighted by Gasteiger charge is 2.35. The third-order valence-electron chi connectivity index (χ3n) is 3.38. The first-order valence-electron chi connectivity index (χ1n) is 6.55. The predicted molar refractivity (Wildman–Crippen MR) is 70.3 cm³/mol. The molecule has 2 heterocycles. The van der Waals surface area contributed by atoms with Crippen molar-refractivity contribution in [3.05, 3.63) is 33.1 Å². The van der Waals surface area contributed by atoms with Crippen LogP contribution in [0.1, 0.15) is 19.1 Å². The number of aliphatic hydroxyl groups is 2. The summed E-state index contributed by atoms with van der Waals surface area (Å²) >= 11 is 0. The number of nitrogens with zero attached hydrogens (tertiary/aromatic N) is 2. The molecule has 0 bridgehead atoms. The number of hydrogen-bond donors (Lipinski definition) is 3.